The number of fused-ring (bicyclic) bond motifs is 1. The second-order valence-electron chi connectivity index (χ2n) is 8.40. The van der Waals surface area contributed by atoms with Crippen LogP contribution < -0.4 is 5.73 Å². The zero-order valence-corrected chi connectivity index (χ0v) is 25.0. The van der Waals surface area contributed by atoms with Crippen molar-refractivity contribution in [3.8, 4) is 11.5 Å². The Morgan fingerprint density at radius 3 is 2.11 bits per heavy atom. The van der Waals surface area contributed by atoms with Gasteiger partial charge in [-0.1, -0.05) is 11.1 Å². The number of phenols is 2. The van der Waals surface area contributed by atoms with Gasteiger partial charge in [-0.15, -0.1) is 37.4 Å². The Morgan fingerprint density at radius 2 is 1.51 bits per heavy atom. The molecule has 0 aliphatic heterocycles. The smallest absolute Gasteiger partial charge is 0.425 e. The molecule has 0 saturated heterocycles. The number of nitrogen functional groups attached to an aromatic ring is 1. The fourth-order valence-corrected chi connectivity index (χ4v) is 4.75. The van der Waals surface area contributed by atoms with E-state index in [4.69, 9.17) is 23.6 Å². The maximum absolute atomic E-state index is 12.2. The van der Waals surface area contributed by atoms with Crippen LogP contribution in [0, 0.1) is 10.1 Å². The molecule has 0 heterocycles. The monoisotopic (exact) mass is 712 g/mol. The van der Waals surface area contributed by atoms with E-state index in [0.717, 1.165) is 30.3 Å². The van der Waals surface area contributed by atoms with Crippen molar-refractivity contribution in [3.63, 3.8) is 0 Å². The first-order valence-corrected chi connectivity index (χ1v) is 14.9. The average molecular weight is 713 g/mol. The summed E-state index contributed by atoms with van der Waals surface area (Å²) in [4.78, 5) is 20.8. The standard InChI is InChI=1S/C23H16N6O12S2.O3S/c24-11-2-5-14(13(8-11)23(32)33)25-27-16-4-1-10-7-18(43(37,38)39)20(22(31)19(10)21(16)30)28-26-15-6-3-12(29(34)35)9-17(15)42-41-40-36;1-4(2)3/h1-9,30-31,36H,24H2,(H,32,33)(H,37,38,39);. The van der Waals surface area contributed by atoms with E-state index in [2.05, 4.69) is 29.8 Å². The molecular weight excluding hydrogens is 696 g/mol. The number of nitro benzene ring substituents is 1. The number of azo groups is 2. The summed E-state index contributed by atoms with van der Waals surface area (Å²) >= 11 is 0.275. The number of carboxylic acid groups (broad SMARTS) is 1. The maximum Gasteiger partial charge on any atom is 0.425 e. The van der Waals surface area contributed by atoms with Crippen LogP contribution in [-0.2, 0) is 30.1 Å². The summed E-state index contributed by atoms with van der Waals surface area (Å²) in [6.07, 6.45) is 0. The largest absolute Gasteiger partial charge is 0.505 e. The van der Waals surface area contributed by atoms with Crippen LogP contribution in [0.25, 0.3) is 10.8 Å². The first-order chi connectivity index (χ1) is 22.0. The van der Waals surface area contributed by atoms with E-state index < -0.39 is 64.8 Å². The molecule has 0 atom stereocenters. The van der Waals surface area contributed by atoms with Crippen molar-refractivity contribution in [2.24, 2.45) is 20.5 Å². The van der Waals surface area contributed by atoms with Gasteiger partial charge in [0.15, 0.2) is 11.5 Å². The third-order valence-corrected chi connectivity index (χ3v) is 7.03. The van der Waals surface area contributed by atoms with Gasteiger partial charge in [0.2, 0.25) is 0 Å². The molecule has 24 heteroatoms. The van der Waals surface area contributed by atoms with E-state index in [0.29, 0.717) is 0 Å². The maximum atomic E-state index is 12.2. The summed E-state index contributed by atoms with van der Waals surface area (Å²) in [5.41, 5.74) is 3.62. The number of anilines is 1. The Kier molecular flexibility index (Phi) is 11.5. The first-order valence-electron chi connectivity index (χ1n) is 11.7. The van der Waals surface area contributed by atoms with Gasteiger partial charge in [0.25, 0.3) is 15.8 Å². The Balaban J connectivity index is 0.00000142. The van der Waals surface area contributed by atoms with Crippen LogP contribution in [-0.4, -0.2) is 57.1 Å². The van der Waals surface area contributed by atoms with Crippen molar-refractivity contribution in [1.82, 2.24) is 0 Å². The highest BCUT2D eigenvalue weighted by molar-refractivity contribution is 7.94. The third kappa shape index (κ3) is 8.98. The fraction of sp³-hybridized carbons (Fsp3) is 0. The molecule has 0 unspecified atom stereocenters. The predicted molar refractivity (Wildman–Crippen MR) is 157 cm³/mol. The molecule has 21 nitrogen and oxygen atoms in total. The van der Waals surface area contributed by atoms with Gasteiger partial charge in [-0.05, 0) is 41.8 Å². The Morgan fingerprint density at radius 1 is 0.915 bits per heavy atom. The second-order valence-corrected chi connectivity index (χ2v) is 10.9. The Labute approximate surface area is 266 Å². The van der Waals surface area contributed by atoms with Crippen molar-refractivity contribution in [3.05, 3.63) is 70.3 Å². The third-order valence-electron chi connectivity index (χ3n) is 5.53. The van der Waals surface area contributed by atoms with E-state index in [1.165, 1.54) is 24.3 Å². The molecule has 4 aromatic rings. The van der Waals surface area contributed by atoms with E-state index in [9.17, 15) is 43.2 Å². The number of non-ortho nitro benzene ring substituents is 1. The van der Waals surface area contributed by atoms with Gasteiger partial charge in [-0.25, -0.2) is 10.1 Å². The molecule has 0 bridgehead atoms. The number of benzene rings is 4. The molecule has 0 spiro atoms. The van der Waals surface area contributed by atoms with E-state index in [1.54, 1.807) is 0 Å². The normalized spacial score (nSPS) is 11.4. The summed E-state index contributed by atoms with van der Waals surface area (Å²) < 4.78 is 63.7. The van der Waals surface area contributed by atoms with Crippen molar-refractivity contribution in [1.29, 1.82) is 0 Å². The minimum Gasteiger partial charge on any atom is -0.505 e. The fourth-order valence-electron chi connectivity index (χ4n) is 3.62. The number of nitro groups is 1. The molecule has 0 aliphatic rings. The minimum absolute atomic E-state index is 0.0979. The molecule has 0 fully saturated rings. The summed E-state index contributed by atoms with van der Waals surface area (Å²) in [5, 5.41) is 69.0. The SMILES string of the molecule is Nc1ccc(N=Nc2ccc3cc(S(=O)(=O)O)c(N=Nc4ccc([N+](=O)[O-])cc4SOOO)c(O)c3c2O)c(C(=O)O)c1.O=S(=O)=O. The first kappa shape index (κ1) is 35.8. The molecule has 0 aliphatic carbocycles. The predicted octanol–water partition coefficient (Wildman–Crippen LogP) is 4.94. The van der Waals surface area contributed by atoms with Gasteiger partial charge in [0.1, 0.15) is 27.6 Å². The molecule has 0 amide bonds. The lowest BCUT2D eigenvalue weighted by Gasteiger charge is -2.11. The number of aromatic hydroxyl groups is 2. The van der Waals surface area contributed by atoms with Crippen LogP contribution in [0.4, 0.5) is 34.1 Å². The van der Waals surface area contributed by atoms with Crippen LogP contribution in [0.3, 0.4) is 0 Å². The molecular formula is C23H16N6O15S3. The van der Waals surface area contributed by atoms with Gasteiger partial charge >= 0.3 is 16.6 Å². The van der Waals surface area contributed by atoms with Crippen LogP contribution in [0.5, 0.6) is 11.5 Å². The number of nitrogens with zero attached hydrogens (tertiary/aromatic N) is 5. The molecule has 4 rings (SSSR count). The number of hydrogen-bond acceptors (Lipinski definition) is 19. The quantitative estimate of drug-likeness (QED) is 0.0241. The molecule has 0 saturated carbocycles. The van der Waals surface area contributed by atoms with Gasteiger partial charge in [0.05, 0.1) is 32.8 Å². The number of aromatic carboxylic acids is 1. The number of nitrogens with two attached hydrogens (primary N) is 1. The lowest BCUT2D eigenvalue weighted by molar-refractivity contribution is -0.432. The average Bonchev–Trinajstić information content (AvgIpc) is 2.98. The lowest BCUT2D eigenvalue weighted by atomic mass is 10.1. The molecule has 47 heavy (non-hydrogen) atoms. The van der Waals surface area contributed by atoms with Crippen molar-refractivity contribution >= 4 is 83.6 Å². The van der Waals surface area contributed by atoms with E-state index in [-0.39, 0.29) is 50.6 Å². The van der Waals surface area contributed by atoms with Crippen LogP contribution in [0.2, 0.25) is 0 Å². The number of carboxylic acids is 1. The van der Waals surface area contributed by atoms with Crippen molar-refractivity contribution < 1.29 is 65.3 Å². The zero-order chi connectivity index (χ0) is 35.1. The number of rotatable bonds is 10. The minimum atomic E-state index is -5.06. The Hall–Kier alpha value is -5.63. The second kappa shape index (κ2) is 15.1. The lowest BCUT2D eigenvalue weighted by Crippen LogP contribution is -1.99. The molecule has 246 valence electrons. The highest BCUT2D eigenvalue weighted by Crippen LogP contribution is 2.48. The van der Waals surface area contributed by atoms with Gasteiger partial charge in [0, 0.05) is 17.8 Å². The topological polar surface area (TPSA) is 341 Å². The van der Waals surface area contributed by atoms with Crippen molar-refractivity contribution in [2.75, 3.05) is 5.73 Å². The summed E-state index contributed by atoms with van der Waals surface area (Å²) in [7, 11) is -8.17. The zero-order valence-electron chi connectivity index (χ0n) is 22.6. The van der Waals surface area contributed by atoms with Gasteiger partial charge in [-0.3, -0.25) is 14.7 Å². The highest BCUT2D eigenvalue weighted by atomic mass is 32.2. The molecule has 0 aromatic heterocycles. The molecule has 0 radical (unpaired) electrons. The summed E-state index contributed by atoms with van der Waals surface area (Å²) in [5.74, 6) is -3.06. The number of hydrogen-bond donors (Lipinski definition) is 6. The van der Waals surface area contributed by atoms with E-state index in [1.807, 2.05) is 0 Å². The molecule has 7 N–H and O–H groups in total. The van der Waals surface area contributed by atoms with Gasteiger partial charge < -0.3 is 21.1 Å². The number of phenolic OH excluding ortho intramolecular Hbond substituents is 2. The van der Waals surface area contributed by atoms with Crippen LogP contribution in [0.1, 0.15) is 10.4 Å². The summed E-state index contributed by atoms with van der Waals surface area (Å²) in [6.45, 7) is 0. The van der Waals surface area contributed by atoms with Crippen LogP contribution in [0.15, 0.2) is 84.8 Å². The highest BCUT2D eigenvalue weighted by Gasteiger charge is 2.25. The summed E-state index contributed by atoms with van der Waals surface area (Å²) in [6, 6.07) is 10.1. The van der Waals surface area contributed by atoms with Crippen molar-refractivity contribution in [2.45, 2.75) is 9.79 Å². The van der Waals surface area contributed by atoms with E-state index >= 15 is 0 Å². The number of carbonyl (C=O) groups is 1. The Bertz CT molecular complexity index is 2170. The molecule has 4 aromatic carbocycles. The van der Waals surface area contributed by atoms with Gasteiger partial charge in [-0.2, -0.15) is 8.42 Å². The van der Waals surface area contributed by atoms with Crippen LogP contribution >= 0.6 is 12.0 Å².